The summed E-state index contributed by atoms with van der Waals surface area (Å²) < 4.78 is 0. The Kier molecular flexibility index (Phi) is 5.35. The number of hydrogen-bond acceptors (Lipinski definition) is 5. The monoisotopic (exact) mass is 366 g/mol. The number of hydrogen-bond donors (Lipinski definition) is 0. The number of oxime groups is 1. The minimum Gasteiger partial charge on any atom is -0.313 e. The number of benzene rings is 2. The van der Waals surface area contributed by atoms with Crippen molar-refractivity contribution in [3.63, 3.8) is 0 Å². The van der Waals surface area contributed by atoms with E-state index in [0.29, 0.717) is 11.8 Å². The minimum atomic E-state index is -0.622. The molecule has 0 bridgehead atoms. The average Bonchev–Trinajstić information content (AvgIpc) is 3.47. The van der Waals surface area contributed by atoms with Crippen LogP contribution >= 0.6 is 0 Å². The smallest absolute Gasteiger partial charge is 0.313 e. The zero-order valence-electron chi connectivity index (χ0n) is 15.6. The molecule has 3 rings (SSSR count). The number of carbonyl (C=O) groups is 1. The summed E-state index contributed by atoms with van der Waals surface area (Å²) in [5, 5.41) is 14.6. The highest BCUT2D eigenvalue weighted by Gasteiger charge is 2.40. The number of non-ortho nitro benzene ring substituents is 1. The molecular formula is C21H22N2O4. The zero-order valence-corrected chi connectivity index (χ0v) is 15.6. The van der Waals surface area contributed by atoms with Crippen molar-refractivity contribution < 1.29 is 14.6 Å². The fraction of sp³-hybridized carbons (Fsp3) is 0.333. The highest BCUT2D eigenvalue weighted by Crippen LogP contribution is 2.48. The first-order chi connectivity index (χ1) is 12.9. The van der Waals surface area contributed by atoms with Gasteiger partial charge in [-0.25, -0.2) is 4.79 Å². The van der Waals surface area contributed by atoms with E-state index < -0.39 is 10.9 Å². The molecular weight excluding hydrogens is 344 g/mol. The zero-order chi connectivity index (χ0) is 19.6. The van der Waals surface area contributed by atoms with E-state index in [1.807, 2.05) is 6.92 Å². The number of carbonyl (C=O) groups excluding carboxylic acids is 1. The van der Waals surface area contributed by atoms with Gasteiger partial charge in [-0.1, -0.05) is 43.3 Å². The number of nitro groups is 1. The average molecular weight is 366 g/mol. The first kappa shape index (κ1) is 18.8. The molecule has 1 aliphatic rings. The van der Waals surface area contributed by atoms with E-state index in [0.717, 1.165) is 12.1 Å². The Morgan fingerprint density at radius 3 is 2.33 bits per heavy atom. The molecule has 2 aromatic rings. The van der Waals surface area contributed by atoms with Gasteiger partial charge < -0.3 is 4.84 Å². The van der Waals surface area contributed by atoms with Gasteiger partial charge in [0.05, 0.1) is 16.2 Å². The second kappa shape index (κ2) is 7.70. The topological polar surface area (TPSA) is 81.8 Å². The van der Waals surface area contributed by atoms with Crippen LogP contribution in [-0.4, -0.2) is 16.6 Å². The molecule has 1 saturated carbocycles. The van der Waals surface area contributed by atoms with E-state index in [4.69, 9.17) is 4.84 Å². The summed E-state index contributed by atoms with van der Waals surface area (Å²) >= 11 is 0. The van der Waals surface area contributed by atoms with Crippen molar-refractivity contribution in [1.82, 2.24) is 0 Å². The van der Waals surface area contributed by atoms with Gasteiger partial charge in [-0.2, -0.15) is 0 Å². The predicted molar refractivity (Wildman–Crippen MR) is 103 cm³/mol. The Morgan fingerprint density at radius 1 is 1.15 bits per heavy atom. The van der Waals surface area contributed by atoms with Crippen LogP contribution in [0.1, 0.15) is 60.5 Å². The van der Waals surface area contributed by atoms with E-state index in [9.17, 15) is 14.9 Å². The largest absolute Gasteiger partial charge is 0.365 e. The molecule has 1 aliphatic carbocycles. The van der Waals surface area contributed by atoms with Gasteiger partial charge in [0.15, 0.2) is 0 Å². The summed E-state index contributed by atoms with van der Waals surface area (Å²) in [6, 6.07) is 13.9. The normalized spacial score (nSPS) is 19.0. The van der Waals surface area contributed by atoms with E-state index in [1.165, 1.54) is 35.4 Å². The Morgan fingerprint density at radius 2 is 1.78 bits per heavy atom. The summed E-state index contributed by atoms with van der Waals surface area (Å²) in [6.07, 6.45) is 0.992. The number of rotatable bonds is 6. The van der Waals surface area contributed by atoms with E-state index in [1.54, 1.807) is 0 Å². The molecule has 0 saturated heterocycles. The van der Waals surface area contributed by atoms with Gasteiger partial charge in [0.1, 0.15) is 0 Å². The van der Waals surface area contributed by atoms with Crippen LogP contribution in [0.15, 0.2) is 53.7 Å². The first-order valence-corrected chi connectivity index (χ1v) is 8.97. The van der Waals surface area contributed by atoms with Crippen molar-refractivity contribution in [2.75, 3.05) is 0 Å². The molecule has 6 heteroatoms. The maximum absolute atomic E-state index is 12.0. The van der Waals surface area contributed by atoms with Gasteiger partial charge in [0, 0.05) is 18.1 Å². The van der Waals surface area contributed by atoms with E-state index in [-0.39, 0.29) is 17.2 Å². The molecule has 2 aromatic carbocycles. The Labute approximate surface area is 158 Å². The Bertz CT molecular complexity index is 870. The van der Waals surface area contributed by atoms with Crippen LogP contribution in [0.2, 0.25) is 0 Å². The fourth-order valence-electron chi connectivity index (χ4n) is 3.11. The van der Waals surface area contributed by atoms with Crippen LogP contribution in [0.4, 0.5) is 5.69 Å². The molecule has 0 amide bonds. The molecule has 0 aliphatic heterocycles. The molecule has 0 heterocycles. The summed E-state index contributed by atoms with van der Waals surface area (Å²) in [6.45, 7) is 6.20. The van der Waals surface area contributed by atoms with Crippen molar-refractivity contribution in [2.45, 2.75) is 39.0 Å². The van der Waals surface area contributed by atoms with Crippen LogP contribution in [0.3, 0.4) is 0 Å². The molecule has 1 fully saturated rings. The quantitative estimate of drug-likeness (QED) is 0.310. The second-order valence-electron chi connectivity index (χ2n) is 7.19. The number of nitro benzene ring substituents is 1. The lowest BCUT2D eigenvalue weighted by molar-refractivity contribution is -0.384. The van der Waals surface area contributed by atoms with Gasteiger partial charge in [0.25, 0.3) is 5.69 Å². The maximum atomic E-state index is 12.0. The lowest BCUT2D eigenvalue weighted by Crippen LogP contribution is -2.05. The SMILES string of the molecule is C/C(=N/OC(=O)c1ccc([N+](=O)[O-])cc1)[C@H]1C[C@H]1c1ccc(C(C)C)cc1. The van der Waals surface area contributed by atoms with Gasteiger partial charge >= 0.3 is 5.97 Å². The van der Waals surface area contributed by atoms with Crippen molar-refractivity contribution in [2.24, 2.45) is 11.1 Å². The van der Waals surface area contributed by atoms with Gasteiger partial charge in [-0.3, -0.25) is 10.1 Å². The fourth-order valence-corrected chi connectivity index (χ4v) is 3.11. The third-order valence-electron chi connectivity index (χ3n) is 4.94. The van der Waals surface area contributed by atoms with Crippen LogP contribution < -0.4 is 0 Å². The molecule has 0 spiro atoms. The highest BCUT2D eigenvalue weighted by molar-refractivity contribution is 5.92. The lowest BCUT2D eigenvalue weighted by atomic mass is 9.99. The molecule has 0 radical (unpaired) electrons. The molecule has 2 atom stereocenters. The highest BCUT2D eigenvalue weighted by atomic mass is 16.7. The Balaban J connectivity index is 1.58. The predicted octanol–water partition coefficient (Wildman–Crippen LogP) is 5.05. The number of nitrogens with zero attached hydrogens (tertiary/aromatic N) is 2. The first-order valence-electron chi connectivity index (χ1n) is 8.97. The third-order valence-corrected chi connectivity index (χ3v) is 4.94. The maximum Gasteiger partial charge on any atom is 0.365 e. The van der Waals surface area contributed by atoms with Crippen LogP contribution in [0.25, 0.3) is 0 Å². The van der Waals surface area contributed by atoms with Crippen molar-refractivity contribution >= 4 is 17.4 Å². The van der Waals surface area contributed by atoms with Crippen molar-refractivity contribution in [3.8, 4) is 0 Å². The summed E-state index contributed by atoms with van der Waals surface area (Å²) in [7, 11) is 0. The minimum absolute atomic E-state index is 0.0736. The van der Waals surface area contributed by atoms with Crippen molar-refractivity contribution in [3.05, 3.63) is 75.3 Å². The van der Waals surface area contributed by atoms with Crippen LogP contribution in [0, 0.1) is 16.0 Å². The molecule has 27 heavy (non-hydrogen) atoms. The van der Waals surface area contributed by atoms with Gasteiger partial charge in [-0.05, 0) is 48.4 Å². The summed E-state index contributed by atoms with van der Waals surface area (Å²) in [5.74, 6) is 0.575. The molecule has 6 nitrogen and oxygen atoms in total. The van der Waals surface area contributed by atoms with Crippen LogP contribution in [-0.2, 0) is 4.84 Å². The molecule has 0 aromatic heterocycles. The molecule has 140 valence electrons. The Hall–Kier alpha value is -3.02. The summed E-state index contributed by atoms with van der Waals surface area (Å²) in [5.41, 5.74) is 3.53. The van der Waals surface area contributed by atoms with Crippen molar-refractivity contribution in [1.29, 1.82) is 0 Å². The standard InChI is InChI=1S/C21H22N2O4/c1-13(2)15-4-6-16(7-5-15)20-12-19(20)14(3)22-27-21(24)17-8-10-18(11-9-17)23(25)26/h4-11,13,19-20H,12H2,1-3H3/b22-14-/t19-,20+/m1/s1. The summed E-state index contributed by atoms with van der Waals surface area (Å²) in [4.78, 5) is 27.2. The molecule has 0 unspecified atom stereocenters. The second-order valence-corrected chi connectivity index (χ2v) is 7.19. The van der Waals surface area contributed by atoms with E-state index >= 15 is 0 Å². The van der Waals surface area contributed by atoms with Gasteiger partial charge in [0.2, 0.25) is 0 Å². The van der Waals surface area contributed by atoms with Crippen LogP contribution in [0.5, 0.6) is 0 Å². The lowest BCUT2D eigenvalue weighted by Gasteiger charge is -2.06. The van der Waals surface area contributed by atoms with E-state index in [2.05, 4.69) is 43.3 Å². The molecule has 0 N–H and O–H groups in total. The third kappa shape index (κ3) is 4.39. The van der Waals surface area contributed by atoms with Gasteiger partial charge in [-0.15, -0.1) is 0 Å².